The summed E-state index contributed by atoms with van der Waals surface area (Å²) in [5.41, 5.74) is 6.04. The Hall–Kier alpha value is -3.86. The number of hydrogen-bond donors (Lipinski definition) is 3. The number of fused-ring (bicyclic) bond motifs is 1. The number of pyridine rings is 1. The van der Waals surface area contributed by atoms with Crippen molar-refractivity contribution in [2.24, 2.45) is 11.7 Å². The van der Waals surface area contributed by atoms with Gasteiger partial charge in [0.2, 0.25) is 0 Å². The van der Waals surface area contributed by atoms with E-state index in [0.29, 0.717) is 41.3 Å². The Morgan fingerprint density at radius 3 is 2.60 bits per heavy atom. The van der Waals surface area contributed by atoms with Gasteiger partial charge in [0.1, 0.15) is 22.6 Å². The van der Waals surface area contributed by atoms with E-state index in [1.165, 1.54) is 13.2 Å². The van der Waals surface area contributed by atoms with Gasteiger partial charge in [-0.25, -0.2) is 4.98 Å². The summed E-state index contributed by atoms with van der Waals surface area (Å²) >= 11 is 12.9. The molecule has 2 heterocycles. The van der Waals surface area contributed by atoms with Crippen LogP contribution in [0.25, 0.3) is 22.2 Å². The van der Waals surface area contributed by atoms with Gasteiger partial charge in [-0.15, -0.1) is 0 Å². The molecule has 2 fully saturated rings. The lowest BCUT2D eigenvalue weighted by Gasteiger charge is -2.29. The van der Waals surface area contributed by atoms with E-state index in [4.69, 9.17) is 43.4 Å². The largest absolute Gasteiger partial charge is 0.494 e. The molecule has 0 radical (unpaired) electrons. The number of carbonyl (C=O) groups is 2. The number of nitrogens with zero attached hydrogens (tertiary/aromatic N) is 3. The highest BCUT2D eigenvalue weighted by atomic mass is 35.5. The summed E-state index contributed by atoms with van der Waals surface area (Å²) < 4.78 is 13.3. The molecular weight excluding hydrogens is 593 g/mol. The van der Waals surface area contributed by atoms with E-state index in [1.807, 2.05) is 10.9 Å². The number of hydrogen-bond acceptors (Lipinski definition) is 7. The fourth-order valence-corrected chi connectivity index (χ4v) is 5.74. The van der Waals surface area contributed by atoms with Crippen molar-refractivity contribution < 1.29 is 24.2 Å². The summed E-state index contributed by atoms with van der Waals surface area (Å²) in [5.74, 6) is -0.757. The molecule has 0 unspecified atom stereocenters. The second-order valence-corrected chi connectivity index (χ2v) is 11.8. The fraction of sp³-hybridized carbons (Fsp3) is 0.355. The first-order valence-corrected chi connectivity index (χ1v) is 14.9. The van der Waals surface area contributed by atoms with Crippen molar-refractivity contribution in [3.63, 3.8) is 0 Å². The number of aromatic nitrogens is 3. The molecule has 0 bridgehead atoms. The molecule has 2 aliphatic carbocycles. The van der Waals surface area contributed by atoms with E-state index >= 15 is 0 Å². The number of nitrogens with one attached hydrogen (secondary N) is 1. The highest BCUT2D eigenvalue weighted by Crippen LogP contribution is 2.47. The summed E-state index contributed by atoms with van der Waals surface area (Å²) in [6.45, 7) is 1.82. The van der Waals surface area contributed by atoms with E-state index in [2.05, 4.69) is 10.4 Å². The molecule has 6 rings (SSSR count). The molecule has 1 atom stereocenters. The maximum atomic E-state index is 13.5. The molecule has 2 aromatic heterocycles. The van der Waals surface area contributed by atoms with Gasteiger partial charge in [-0.2, -0.15) is 5.10 Å². The first kappa shape index (κ1) is 29.2. The van der Waals surface area contributed by atoms with E-state index in [1.54, 1.807) is 37.3 Å². The Labute approximate surface area is 258 Å². The van der Waals surface area contributed by atoms with E-state index in [9.17, 15) is 14.7 Å². The normalized spacial score (nSPS) is 16.1. The predicted octanol–water partition coefficient (Wildman–Crippen LogP) is 5.27. The SMILES string of the molecule is CCOc1c(C(N)=O)cc([C@@](O)(CNC(=O)c2cc(OC)c3nn(C4CC4)cc3c2)C2CC2)nc1-c1cccc(Cl)c1Cl. The Morgan fingerprint density at radius 2 is 1.95 bits per heavy atom. The zero-order valence-electron chi connectivity index (χ0n) is 23.7. The zero-order chi connectivity index (χ0) is 30.5. The Morgan fingerprint density at radius 1 is 1.19 bits per heavy atom. The molecule has 2 amide bonds. The predicted molar refractivity (Wildman–Crippen MR) is 163 cm³/mol. The van der Waals surface area contributed by atoms with Crippen molar-refractivity contribution in [2.45, 2.75) is 44.2 Å². The smallest absolute Gasteiger partial charge is 0.252 e. The van der Waals surface area contributed by atoms with Crippen LogP contribution in [0.1, 0.15) is 65.1 Å². The van der Waals surface area contributed by atoms with Crippen LogP contribution in [0.3, 0.4) is 0 Å². The third kappa shape index (κ3) is 5.50. The topological polar surface area (TPSA) is 142 Å². The Bertz CT molecular complexity index is 1750. The van der Waals surface area contributed by atoms with Gasteiger partial charge in [0.05, 0.1) is 47.6 Å². The monoisotopic (exact) mass is 623 g/mol. The standard InChI is InChI=1S/C31H31Cl2N5O5/c1-3-43-28-21(29(34)39)13-24(36-27(28)20-5-4-6-22(32)25(20)33)31(41,18-7-8-18)15-35-30(40)16-11-17-14-38(19-9-10-19)37-26(17)23(12-16)42-2/h4-6,11-14,18-19,41H,3,7-10,15H2,1-2H3,(H2,34,39)(H,35,40)/t31-/m1/s1. The average molecular weight is 625 g/mol. The second-order valence-electron chi connectivity index (χ2n) is 11.0. The number of halogens is 2. The Balaban J connectivity index is 1.37. The van der Waals surface area contributed by atoms with Crippen molar-refractivity contribution in [3.8, 4) is 22.8 Å². The number of ether oxygens (including phenoxy) is 2. The number of primary amides is 1. The van der Waals surface area contributed by atoms with Crippen molar-refractivity contribution >= 4 is 45.9 Å². The molecule has 43 heavy (non-hydrogen) atoms. The number of carbonyl (C=O) groups excluding carboxylic acids is 2. The maximum absolute atomic E-state index is 13.5. The van der Waals surface area contributed by atoms with Crippen LogP contribution >= 0.6 is 23.2 Å². The molecule has 4 aromatic rings. The minimum Gasteiger partial charge on any atom is -0.494 e. The van der Waals surface area contributed by atoms with Crippen LogP contribution in [-0.4, -0.2) is 51.9 Å². The molecule has 224 valence electrons. The van der Waals surface area contributed by atoms with Crippen molar-refractivity contribution in [3.05, 3.63) is 69.5 Å². The molecule has 2 saturated carbocycles. The van der Waals surface area contributed by atoms with E-state index < -0.39 is 17.4 Å². The molecule has 0 saturated heterocycles. The summed E-state index contributed by atoms with van der Waals surface area (Å²) in [6.07, 6.45) is 5.49. The van der Waals surface area contributed by atoms with E-state index in [-0.39, 0.29) is 51.8 Å². The number of methoxy groups -OCH3 is 1. The minimum atomic E-state index is -1.62. The highest BCUT2D eigenvalue weighted by Gasteiger charge is 2.47. The molecule has 10 nitrogen and oxygen atoms in total. The first-order valence-electron chi connectivity index (χ1n) is 14.1. The van der Waals surface area contributed by atoms with Crippen LogP contribution in [-0.2, 0) is 5.60 Å². The molecule has 0 aliphatic heterocycles. The second kappa shape index (κ2) is 11.3. The van der Waals surface area contributed by atoms with Gasteiger partial charge in [0.25, 0.3) is 11.8 Å². The first-order chi connectivity index (χ1) is 20.6. The average Bonchev–Trinajstić information content (AvgIpc) is 3.94. The van der Waals surface area contributed by atoms with E-state index in [0.717, 1.165) is 18.2 Å². The molecular formula is C31H31Cl2N5O5. The summed E-state index contributed by atoms with van der Waals surface area (Å²) in [5, 5.41) is 20.9. The Kier molecular flexibility index (Phi) is 7.70. The number of benzene rings is 2. The van der Waals surface area contributed by atoms with Crippen LogP contribution in [0, 0.1) is 5.92 Å². The van der Waals surface area contributed by atoms with Crippen LogP contribution in [0.2, 0.25) is 10.0 Å². The maximum Gasteiger partial charge on any atom is 0.252 e. The third-order valence-electron chi connectivity index (χ3n) is 7.94. The number of aliphatic hydroxyl groups is 1. The summed E-state index contributed by atoms with van der Waals surface area (Å²) in [7, 11) is 1.54. The zero-order valence-corrected chi connectivity index (χ0v) is 25.2. The molecule has 4 N–H and O–H groups in total. The molecule has 0 spiro atoms. The van der Waals surface area contributed by atoms with Gasteiger partial charge in [-0.05, 0) is 62.8 Å². The van der Waals surface area contributed by atoms with Crippen LogP contribution < -0.4 is 20.5 Å². The molecule has 2 aliphatic rings. The van der Waals surface area contributed by atoms with Crippen LogP contribution in [0.15, 0.2) is 42.6 Å². The molecule has 12 heteroatoms. The number of nitrogens with two attached hydrogens (primary N) is 1. The summed E-state index contributed by atoms with van der Waals surface area (Å²) in [6, 6.07) is 10.2. The van der Waals surface area contributed by atoms with Crippen molar-refractivity contribution in [1.82, 2.24) is 20.1 Å². The summed E-state index contributed by atoms with van der Waals surface area (Å²) in [4.78, 5) is 30.9. The van der Waals surface area contributed by atoms with Crippen molar-refractivity contribution in [1.29, 1.82) is 0 Å². The number of rotatable bonds is 11. The van der Waals surface area contributed by atoms with Gasteiger partial charge >= 0.3 is 0 Å². The van der Waals surface area contributed by atoms with Gasteiger partial charge in [-0.1, -0.05) is 35.3 Å². The number of amides is 2. The quantitative estimate of drug-likeness (QED) is 0.206. The van der Waals surface area contributed by atoms with Gasteiger partial charge in [0, 0.05) is 22.7 Å². The van der Waals surface area contributed by atoms with Crippen LogP contribution in [0.4, 0.5) is 0 Å². The van der Waals surface area contributed by atoms with Crippen LogP contribution in [0.5, 0.6) is 11.5 Å². The lowest BCUT2D eigenvalue weighted by molar-refractivity contribution is 0.00946. The fourth-order valence-electron chi connectivity index (χ4n) is 5.35. The van der Waals surface area contributed by atoms with Gasteiger partial charge in [0.15, 0.2) is 5.75 Å². The molecule has 2 aromatic carbocycles. The highest BCUT2D eigenvalue weighted by molar-refractivity contribution is 6.43. The lowest BCUT2D eigenvalue weighted by atomic mass is 9.90. The van der Waals surface area contributed by atoms with Gasteiger partial charge < -0.3 is 25.6 Å². The third-order valence-corrected chi connectivity index (χ3v) is 8.76. The van der Waals surface area contributed by atoms with Gasteiger partial charge in [-0.3, -0.25) is 14.3 Å². The lowest BCUT2D eigenvalue weighted by Crippen LogP contribution is -2.43. The minimum absolute atomic E-state index is 0.0335. The van der Waals surface area contributed by atoms with Crippen molar-refractivity contribution in [2.75, 3.05) is 20.3 Å².